The molecular formula is C14H19BrO. The van der Waals surface area contributed by atoms with Gasteiger partial charge in [0, 0.05) is 0 Å². The highest BCUT2D eigenvalue weighted by Gasteiger charge is 2.30. The number of rotatable bonds is 2. The predicted octanol–water partition coefficient (Wildman–Crippen LogP) is 4.56. The molecule has 0 saturated heterocycles. The average Bonchev–Trinajstić information content (AvgIpc) is 2.30. The van der Waals surface area contributed by atoms with Gasteiger partial charge in [-0.25, -0.2) is 0 Å². The zero-order valence-corrected chi connectivity index (χ0v) is 11.6. The first-order chi connectivity index (χ1) is 7.65. The van der Waals surface area contributed by atoms with Crippen LogP contribution in [0.3, 0.4) is 0 Å². The van der Waals surface area contributed by atoms with Crippen LogP contribution < -0.4 is 4.74 Å². The summed E-state index contributed by atoms with van der Waals surface area (Å²) in [4.78, 5) is 0. The van der Waals surface area contributed by atoms with Crippen molar-refractivity contribution in [2.75, 3.05) is 7.11 Å². The number of methoxy groups -OCH3 is 1. The first kappa shape index (κ1) is 12.0. The lowest BCUT2D eigenvalue weighted by Crippen LogP contribution is -2.21. The van der Waals surface area contributed by atoms with Gasteiger partial charge in [0.1, 0.15) is 5.75 Å². The molecule has 0 amide bonds. The van der Waals surface area contributed by atoms with Crippen molar-refractivity contribution in [1.29, 1.82) is 0 Å². The highest BCUT2D eigenvalue weighted by Crippen LogP contribution is 2.45. The van der Waals surface area contributed by atoms with Crippen LogP contribution >= 0.6 is 15.9 Å². The minimum Gasteiger partial charge on any atom is -0.496 e. The molecule has 0 radical (unpaired) electrons. The molecule has 1 nitrogen and oxygen atoms in total. The Morgan fingerprint density at radius 1 is 1.19 bits per heavy atom. The molecule has 0 heterocycles. The maximum absolute atomic E-state index is 5.30. The van der Waals surface area contributed by atoms with E-state index in [-0.39, 0.29) is 4.32 Å². The quantitative estimate of drug-likeness (QED) is 0.723. The summed E-state index contributed by atoms with van der Waals surface area (Å²) in [5.74, 6) is 0.982. The van der Waals surface area contributed by atoms with Gasteiger partial charge in [-0.05, 0) is 37.0 Å². The molecule has 0 N–H and O–H groups in total. The van der Waals surface area contributed by atoms with Gasteiger partial charge in [0.15, 0.2) is 0 Å². The van der Waals surface area contributed by atoms with Crippen molar-refractivity contribution in [1.82, 2.24) is 0 Å². The van der Waals surface area contributed by atoms with Gasteiger partial charge in [-0.15, -0.1) is 0 Å². The summed E-state index contributed by atoms with van der Waals surface area (Å²) in [5.41, 5.74) is 2.63. The Bertz CT molecular complexity index is 367. The van der Waals surface area contributed by atoms with E-state index in [1.165, 1.54) is 43.2 Å². The molecule has 1 aromatic rings. The van der Waals surface area contributed by atoms with Crippen molar-refractivity contribution in [3.63, 3.8) is 0 Å². The van der Waals surface area contributed by atoms with E-state index < -0.39 is 0 Å². The van der Waals surface area contributed by atoms with Gasteiger partial charge < -0.3 is 4.74 Å². The van der Waals surface area contributed by atoms with E-state index in [0.29, 0.717) is 0 Å². The summed E-state index contributed by atoms with van der Waals surface area (Å²) in [6.07, 6.45) is 6.53. The molecule has 1 aromatic carbocycles. The van der Waals surface area contributed by atoms with Crippen LogP contribution in [0.15, 0.2) is 18.2 Å². The van der Waals surface area contributed by atoms with Gasteiger partial charge >= 0.3 is 0 Å². The highest BCUT2D eigenvalue weighted by molar-refractivity contribution is 9.09. The molecule has 0 aliphatic heterocycles. The molecule has 0 aromatic heterocycles. The van der Waals surface area contributed by atoms with Crippen molar-refractivity contribution >= 4 is 15.9 Å². The van der Waals surface area contributed by atoms with Gasteiger partial charge in [0.2, 0.25) is 0 Å². The first-order valence-corrected chi connectivity index (χ1v) is 6.79. The number of ether oxygens (including phenoxy) is 1. The van der Waals surface area contributed by atoms with E-state index in [2.05, 4.69) is 41.1 Å². The normalized spacial score (nSPS) is 19.4. The van der Waals surface area contributed by atoms with E-state index in [1.807, 2.05) is 0 Å². The van der Waals surface area contributed by atoms with Gasteiger partial charge in [0.05, 0.1) is 11.4 Å². The van der Waals surface area contributed by atoms with Crippen LogP contribution in [0.2, 0.25) is 0 Å². The largest absolute Gasteiger partial charge is 0.496 e. The molecule has 0 atom stereocenters. The molecule has 1 aliphatic rings. The van der Waals surface area contributed by atoms with Crippen LogP contribution in [0, 0.1) is 6.92 Å². The van der Waals surface area contributed by atoms with E-state index in [0.717, 1.165) is 5.75 Å². The fourth-order valence-corrected chi connectivity index (χ4v) is 3.37. The topological polar surface area (TPSA) is 9.23 Å². The summed E-state index contributed by atoms with van der Waals surface area (Å²) < 4.78 is 5.52. The fourth-order valence-electron chi connectivity index (χ4n) is 2.56. The zero-order chi connectivity index (χ0) is 11.6. The van der Waals surface area contributed by atoms with E-state index in [9.17, 15) is 0 Å². The maximum atomic E-state index is 5.30. The Morgan fingerprint density at radius 2 is 1.88 bits per heavy atom. The number of alkyl halides is 1. The molecule has 2 heteroatoms. The molecule has 16 heavy (non-hydrogen) atoms. The van der Waals surface area contributed by atoms with Crippen molar-refractivity contribution < 1.29 is 4.74 Å². The van der Waals surface area contributed by atoms with E-state index in [1.54, 1.807) is 7.11 Å². The van der Waals surface area contributed by atoms with E-state index >= 15 is 0 Å². The lowest BCUT2D eigenvalue weighted by Gasteiger charge is -2.32. The molecule has 88 valence electrons. The van der Waals surface area contributed by atoms with Crippen LogP contribution in [0.5, 0.6) is 5.75 Å². The third-order valence-electron chi connectivity index (χ3n) is 3.56. The van der Waals surface area contributed by atoms with Crippen molar-refractivity contribution in [3.05, 3.63) is 29.3 Å². The minimum atomic E-state index is 0.211. The lowest BCUT2D eigenvalue weighted by atomic mass is 9.83. The number of benzene rings is 1. The highest BCUT2D eigenvalue weighted by atomic mass is 79.9. The van der Waals surface area contributed by atoms with Crippen molar-refractivity contribution in [2.24, 2.45) is 0 Å². The van der Waals surface area contributed by atoms with Crippen LogP contribution in [-0.4, -0.2) is 7.11 Å². The molecule has 0 spiro atoms. The van der Waals surface area contributed by atoms with Crippen LogP contribution in [0.4, 0.5) is 0 Å². The Kier molecular flexibility index (Phi) is 3.58. The molecule has 2 rings (SSSR count). The van der Waals surface area contributed by atoms with Crippen LogP contribution in [0.1, 0.15) is 43.2 Å². The second-order valence-corrected chi connectivity index (χ2v) is 6.23. The fraction of sp³-hybridized carbons (Fsp3) is 0.571. The van der Waals surface area contributed by atoms with Crippen molar-refractivity contribution in [2.45, 2.75) is 43.4 Å². The van der Waals surface area contributed by atoms with Gasteiger partial charge in [-0.2, -0.15) is 0 Å². The second kappa shape index (κ2) is 4.79. The third kappa shape index (κ3) is 2.27. The standard InChI is InChI=1S/C14H19BrO/c1-11-10-12(6-7-13(11)16-2)14(15)8-4-3-5-9-14/h6-7,10H,3-5,8-9H2,1-2H3. The molecule has 1 aliphatic carbocycles. The summed E-state index contributed by atoms with van der Waals surface area (Å²) in [5, 5.41) is 0. The second-order valence-electron chi connectivity index (χ2n) is 4.71. The number of hydrogen-bond acceptors (Lipinski definition) is 1. The number of aryl methyl sites for hydroxylation is 1. The average molecular weight is 283 g/mol. The van der Waals surface area contributed by atoms with Crippen LogP contribution in [0.25, 0.3) is 0 Å². The minimum absolute atomic E-state index is 0.211. The molecule has 1 saturated carbocycles. The molecule has 1 fully saturated rings. The number of hydrogen-bond donors (Lipinski definition) is 0. The summed E-state index contributed by atoms with van der Waals surface area (Å²) in [6, 6.07) is 6.55. The molecule has 0 bridgehead atoms. The smallest absolute Gasteiger partial charge is 0.121 e. The third-order valence-corrected chi connectivity index (χ3v) is 4.81. The predicted molar refractivity (Wildman–Crippen MR) is 71.4 cm³/mol. The van der Waals surface area contributed by atoms with Gasteiger partial charge in [-0.1, -0.05) is 47.3 Å². The number of halogens is 1. The zero-order valence-electron chi connectivity index (χ0n) is 10.1. The summed E-state index contributed by atoms with van der Waals surface area (Å²) >= 11 is 3.94. The van der Waals surface area contributed by atoms with Crippen LogP contribution in [-0.2, 0) is 4.32 Å². The van der Waals surface area contributed by atoms with E-state index in [4.69, 9.17) is 4.74 Å². The Hall–Kier alpha value is -0.500. The first-order valence-electron chi connectivity index (χ1n) is 6.00. The summed E-state index contributed by atoms with van der Waals surface area (Å²) in [7, 11) is 1.73. The summed E-state index contributed by atoms with van der Waals surface area (Å²) in [6.45, 7) is 2.11. The van der Waals surface area contributed by atoms with Crippen molar-refractivity contribution in [3.8, 4) is 5.75 Å². The molecule has 0 unspecified atom stereocenters. The Balaban J connectivity index is 2.29. The lowest BCUT2D eigenvalue weighted by molar-refractivity contribution is 0.405. The Labute approximate surface area is 106 Å². The maximum Gasteiger partial charge on any atom is 0.121 e. The Morgan fingerprint density at radius 3 is 2.44 bits per heavy atom. The molecular weight excluding hydrogens is 264 g/mol. The van der Waals surface area contributed by atoms with Gasteiger partial charge in [0.25, 0.3) is 0 Å². The SMILES string of the molecule is COc1ccc(C2(Br)CCCCC2)cc1C. The van der Waals surface area contributed by atoms with Gasteiger partial charge in [-0.3, -0.25) is 0 Å². The monoisotopic (exact) mass is 282 g/mol.